The van der Waals surface area contributed by atoms with E-state index in [0.29, 0.717) is 6.54 Å². The largest absolute Gasteiger partial charge is 0.497 e. The predicted molar refractivity (Wildman–Crippen MR) is 103 cm³/mol. The standard InChI is InChI=1S/C18H19N3O2S.ClH/c1-23-14-4-2-3-13(11-14)12-20-7-5-16-19-15-6-10-24-17(15)18(22)21(16)9-8-20;/h2-4,6,10-11H,5,7-9,12H2,1H3;1H. The van der Waals surface area contributed by atoms with Crippen molar-refractivity contribution >= 4 is 34.0 Å². The Balaban J connectivity index is 0.00000182. The molecule has 4 rings (SSSR count). The van der Waals surface area contributed by atoms with Gasteiger partial charge in [-0.1, -0.05) is 12.1 Å². The molecule has 0 spiro atoms. The maximum atomic E-state index is 12.6. The van der Waals surface area contributed by atoms with Crippen LogP contribution in [0.15, 0.2) is 40.5 Å². The number of ether oxygens (including phenoxy) is 1. The summed E-state index contributed by atoms with van der Waals surface area (Å²) < 4.78 is 7.91. The highest BCUT2D eigenvalue weighted by Crippen LogP contribution is 2.18. The fourth-order valence-corrected chi connectivity index (χ4v) is 3.99. The van der Waals surface area contributed by atoms with Crippen LogP contribution in [0.2, 0.25) is 0 Å². The number of halogens is 1. The molecule has 25 heavy (non-hydrogen) atoms. The van der Waals surface area contributed by atoms with Crippen molar-refractivity contribution in [3.8, 4) is 5.75 Å². The van der Waals surface area contributed by atoms with E-state index in [1.54, 1.807) is 7.11 Å². The lowest BCUT2D eigenvalue weighted by Gasteiger charge is -2.19. The van der Waals surface area contributed by atoms with Gasteiger partial charge in [0.1, 0.15) is 16.3 Å². The van der Waals surface area contributed by atoms with Crippen LogP contribution >= 0.6 is 23.7 Å². The zero-order chi connectivity index (χ0) is 16.5. The minimum Gasteiger partial charge on any atom is -0.497 e. The van der Waals surface area contributed by atoms with Crippen LogP contribution in [0.1, 0.15) is 11.4 Å². The average molecular weight is 378 g/mol. The summed E-state index contributed by atoms with van der Waals surface area (Å²) in [6.45, 7) is 3.30. The molecule has 132 valence electrons. The zero-order valence-corrected chi connectivity index (χ0v) is 15.6. The highest BCUT2D eigenvalue weighted by molar-refractivity contribution is 7.17. The predicted octanol–water partition coefficient (Wildman–Crippen LogP) is 2.95. The highest BCUT2D eigenvalue weighted by atomic mass is 35.5. The van der Waals surface area contributed by atoms with Gasteiger partial charge in [-0.15, -0.1) is 23.7 Å². The average Bonchev–Trinajstić information content (AvgIpc) is 2.98. The van der Waals surface area contributed by atoms with Crippen molar-refractivity contribution in [2.45, 2.75) is 19.5 Å². The fraction of sp³-hybridized carbons (Fsp3) is 0.333. The molecule has 2 aromatic heterocycles. The first-order valence-electron chi connectivity index (χ1n) is 8.07. The van der Waals surface area contributed by atoms with Crippen molar-refractivity contribution < 1.29 is 4.74 Å². The SMILES string of the molecule is COc1cccc(CN2CCc3nc4ccsc4c(=O)n3CC2)c1.Cl. The van der Waals surface area contributed by atoms with Gasteiger partial charge in [0.05, 0.1) is 12.6 Å². The molecule has 0 N–H and O–H groups in total. The van der Waals surface area contributed by atoms with Crippen LogP contribution < -0.4 is 10.3 Å². The number of nitrogens with zero attached hydrogens (tertiary/aromatic N) is 3. The van der Waals surface area contributed by atoms with Crippen LogP contribution in [-0.4, -0.2) is 34.7 Å². The first-order valence-corrected chi connectivity index (χ1v) is 8.95. The molecule has 0 saturated carbocycles. The number of methoxy groups -OCH3 is 1. The Kier molecular flexibility index (Phi) is 5.42. The lowest BCUT2D eigenvalue weighted by atomic mass is 10.2. The van der Waals surface area contributed by atoms with E-state index in [2.05, 4.69) is 17.0 Å². The first-order chi connectivity index (χ1) is 11.7. The van der Waals surface area contributed by atoms with E-state index in [-0.39, 0.29) is 18.0 Å². The maximum absolute atomic E-state index is 12.6. The summed E-state index contributed by atoms with van der Waals surface area (Å²) in [6, 6.07) is 10.1. The molecular formula is C18H20ClN3O2S. The number of thiophene rings is 1. The summed E-state index contributed by atoms with van der Waals surface area (Å²) in [5, 5.41) is 1.94. The second kappa shape index (κ2) is 7.56. The third-order valence-electron chi connectivity index (χ3n) is 4.48. The summed E-state index contributed by atoms with van der Waals surface area (Å²) in [4.78, 5) is 19.7. The number of aromatic nitrogens is 2. The number of hydrogen-bond donors (Lipinski definition) is 0. The molecule has 0 saturated heterocycles. The molecule has 5 nitrogen and oxygen atoms in total. The van der Waals surface area contributed by atoms with Crippen molar-refractivity contribution in [3.63, 3.8) is 0 Å². The molecule has 0 fully saturated rings. The Bertz CT molecular complexity index is 937. The first kappa shape index (κ1) is 17.9. The van der Waals surface area contributed by atoms with Gasteiger partial charge in [-0.3, -0.25) is 14.3 Å². The molecule has 1 aliphatic heterocycles. The third kappa shape index (κ3) is 3.56. The number of fused-ring (bicyclic) bond motifs is 2. The zero-order valence-electron chi connectivity index (χ0n) is 14.0. The number of rotatable bonds is 3. The summed E-state index contributed by atoms with van der Waals surface area (Å²) in [6.07, 6.45) is 0.797. The Hall–Kier alpha value is -1.89. The van der Waals surface area contributed by atoms with Gasteiger partial charge in [-0.2, -0.15) is 0 Å². The van der Waals surface area contributed by atoms with E-state index in [4.69, 9.17) is 9.72 Å². The molecule has 0 radical (unpaired) electrons. The monoisotopic (exact) mass is 377 g/mol. The van der Waals surface area contributed by atoms with Gasteiger partial charge in [0.25, 0.3) is 5.56 Å². The highest BCUT2D eigenvalue weighted by Gasteiger charge is 2.18. The van der Waals surface area contributed by atoms with Crippen LogP contribution in [0.3, 0.4) is 0 Å². The lowest BCUT2D eigenvalue weighted by Crippen LogP contribution is -2.28. The molecule has 0 amide bonds. The van der Waals surface area contributed by atoms with E-state index in [1.165, 1.54) is 16.9 Å². The van der Waals surface area contributed by atoms with Gasteiger partial charge < -0.3 is 4.74 Å². The molecule has 0 aliphatic carbocycles. The van der Waals surface area contributed by atoms with Crippen LogP contribution in [0.4, 0.5) is 0 Å². The van der Waals surface area contributed by atoms with Gasteiger partial charge in [0, 0.05) is 32.6 Å². The molecule has 3 heterocycles. The lowest BCUT2D eigenvalue weighted by molar-refractivity contribution is 0.271. The Morgan fingerprint density at radius 1 is 1.24 bits per heavy atom. The summed E-state index contributed by atoms with van der Waals surface area (Å²) >= 11 is 1.48. The molecule has 7 heteroatoms. The van der Waals surface area contributed by atoms with Crippen LogP contribution in [0, 0.1) is 0 Å². The molecule has 3 aromatic rings. The van der Waals surface area contributed by atoms with Crippen molar-refractivity contribution in [1.29, 1.82) is 0 Å². The summed E-state index contributed by atoms with van der Waals surface area (Å²) in [5.41, 5.74) is 2.16. The third-order valence-corrected chi connectivity index (χ3v) is 5.37. The Morgan fingerprint density at radius 2 is 2.12 bits per heavy atom. The van der Waals surface area contributed by atoms with Gasteiger partial charge in [0.15, 0.2) is 0 Å². The second-order valence-corrected chi connectivity index (χ2v) is 6.91. The molecule has 0 unspecified atom stereocenters. The normalized spacial score (nSPS) is 14.6. The number of hydrogen-bond acceptors (Lipinski definition) is 5. The molecule has 1 aromatic carbocycles. The quantitative estimate of drug-likeness (QED) is 0.704. The number of benzene rings is 1. The van der Waals surface area contributed by atoms with Gasteiger partial charge in [0.2, 0.25) is 0 Å². The van der Waals surface area contributed by atoms with Crippen LogP contribution in [0.25, 0.3) is 10.2 Å². The summed E-state index contributed by atoms with van der Waals surface area (Å²) in [7, 11) is 1.69. The molecule has 0 bridgehead atoms. The van der Waals surface area contributed by atoms with E-state index in [1.807, 2.05) is 28.1 Å². The van der Waals surface area contributed by atoms with Crippen LogP contribution in [0.5, 0.6) is 5.75 Å². The Morgan fingerprint density at radius 3 is 2.96 bits per heavy atom. The second-order valence-electron chi connectivity index (χ2n) is 6.00. The molecule has 0 atom stereocenters. The Labute approximate surface area is 156 Å². The van der Waals surface area contributed by atoms with Crippen molar-refractivity contribution in [1.82, 2.24) is 14.5 Å². The van der Waals surface area contributed by atoms with Crippen LogP contribution in [-0.2, 0) is 19.5 Å². The van der Waals surface area contributed by atoms with E-state index in [0.717, 1.165) is 47.8 Å². The van der Waals surface area contributed by atoms with Crippen molar-refractivity contribution in [3.05, 3.63) is 57.5 Å². The molecule has 1 aliphatic rings. The van der Waals surface area contributed by atoms with E-state index >= 15 is 0 Å². The minimum absolute atomic E-state index is 0. The van der Waals surface area contributed by atoms with E-state index in [9.17, 15) is 4.79 Å². The van der Waals surface area contributed by atoms with Gasteiger partial charge in [-0.25, -0.2) is 4.98 Å². The van der Waals surface area contributed by atoms with Gasteiger partial charge in [-0.05, 0) is 29.1 Å². The minimum atomic E-state index is 0. The van der Waals surface area contributed by atoms with E-state index < -0.39 is 0 Å². The van der Waals surface area contributed by atoms with Crippen molar-refractivity contribution in [2.24, 2.45) is 0 Å². The fourth-order valence-electron chi connectivity index (χ4n) is 3.21. The topological polar surface area (TPSA) is 47.4 Å². The van der Waals surface area contributed by atoms with Gasteiger partial charge >= 0.3 is 0 Å². The summed E-state index contributed by atoms with van der Waals surface area (Å²) in [5.74, 6) is 1.78. The molecular weight excluding hydrogens is 358 g/mol. The smallest absolute Gasteiger partial charge is 0.271 e. The maximum Gasteiger partial charge on any atom is 0.271 e. The van der Waals surface area contributed by atoms with Crippen molar-refractivity contribution in [2.75, 3.05) is 20.2 Å².